The zero-order valence-electron chi connectivity index (χ0n) is 11.0. The molecule has 0 aliphatic heterocycles. The molecule has 0 aliphatic carbocycles. The Morgan fingerprint density at radius 1 is 1.43 bits per heavy atom. The summed E-state index contributed by atoms with van der Waals surface area (Å²) in [7, 11) is 0. The van der Waals surface area contributed by atoms with E-state index in [1.807, 2.05) is 0 Å². The van der Waals surface area contributed by atoms with E-state index in [0.717, 1.165) is 5.56 Å². The van der Waals surface area contributed by atoms with Crippen LogP contribution in [0.5, 0.6) is 5.75 Å². The van der Waals surface area contributed by atoms with Gasteiger partial charge in [0.25, 0.3) is 0 Å². The molecule has 0 fully saturated rings. The monoisotopic (exact) mass is 297 g/mol. The van der Waals surface area contributed by atoms with Crippen molar-refractivity contribution in [2.24, 2.45) is 0 Å². The Balaban J connectivity index is 1.78. The van der Waals surface area contributed by atoms with Gasteiger partial charge in [0.15, 0.2) is 0 Å². The van der Waals surface area contributed by atoms with Crippen molar-refractivity contribution >= 4 is 5.91 Å². The molecule has 6 nitrogen and oxygen atoms in total. The van der Waals surface area contributed by atoms with Gasteiger partial charge in [-0.05, 0) is 24.1 Å². The summed E-state index contributed by atoms with van der Waals surface area (Å²) >= 11 is 0. The molecular formula is C13H13F2N3O3. The minimum absolute atomic E-state index is 0.0802. The Morgan fingerprint density at radius 3 is 3.00 bits per heavy atom. The van der Waals surface area contributed by atoms with E-state index in [-0.39, 0.29) is 24.6 Å². The third-order valence-electron chi connectivity index (χ3n) is 2.64. The summed E-state index contributed by atoms with van der Waals surface area (Å²) in [5.74, 6) is -0.102. The van der Waals surface area contributed by atoms with Gasteiger partial charge in [0.1, 0.15) is 11.4 Å². The number of amides is 1. The SMILES string of the molecule is O=C(CCc1cccc(OC(F)F)c1)NCc1cnon1. The Labute approximate surface area is 119 Å². The predicted molar refractivity (Wildman–Crippen MR) is 67.5 cm³/mol. The summed E-state index contributed by atoms with van der Waals surface area (Å²) in [4.78, 5) is 11.6. The molecule has 2 rings (SSSR count). The molecule has 1 amide bonds. The lowest BCUT2D eigenvalue weighted by Crippen LogP contribution is -2.23. The van der Waals surface area contributed by atoms with Gasteiger partial charge < -0.3 is 10.1 Å². The lowest BCUT2D eigenvalue weighted by molar-refractivity contribution is -0.121. The number of ether oxygens (including phenoxy) is 1. The molecule has 0 saturated heterocycles. The van der Waals surface area contributed by atoms with Crippen molar-refractivity contribution in [3.63, 3.8) is 0 Å². The van der Waals surface area contributed by atoms with Gasteiger partial charge in [0.2, 0.25) is 5.91 Å². The van der Waals surface area contributed by atoms with Crippen LogP contribution in [0.4, 0.5) is 8.78 Å². The molecule has 8 heteroatoms. The van der Waals surface area contributed by atoms with Gasteiger partial charge in [-0.15, -0.1) is 0 Å². The zero-order chi connectivity index (χ0) is 15.1. The molecule has 0 saturated carbocycles. The second-order valence-corrected chi connectivity index (χ2v) is 4.20. The number of halogens is 2. The number of benzene rings is 1. The van der Waals surface area contributed by atoms with Crippen molar-refractivity contribution in [1.82, 2.24) is 15.6 Å². The van der Waals surface area contributed by atoms with E-state index in [0.29, 0.717) is 12.1 Å². The smallest absolute Gasteiger partial charge is 0.387 e. The molecule has 0 radical (unpaired) electrons. The number of alkyl halides is 2. The maximum Gasteiger partial charge on any atom is 0.387 e. The van der Waals surface area contributed by atoms with Gasteiger partial charge in [-0.2, -0.15) is 8.78 Å². The first kappa shape index (κ1) is 14.9. The second-order valence-electron chi connectivity index (χ2n) is 4.20. The van der Waals surface area contributed by atoms with E-state index in [4.69, 9.17) is 0 Å². The quantitative estimate of drug-likeness (QED) is 0.845. The average molecular weight is 297 g/mol. The van der Waals surface area contributed by atoms with Crippen LogP contribution in [0.3, 0.4) is 0 Å². The van der Waals surface area contributed by atoms with E-state index in [2.05, 4.69) is 25.0 Å². The summed E-state index contributed by atoms with van der Waals surface area (Å²) in [6.07, 6.45) is 2.05. The standard InChI is InChI=1S/C13H13F2N3O3/c14-13(15)20-11-3-1-2-9(6-11)4-5-12(19)16-7-10-8-17-21-18-10/h1-3,6,8,13H,4-5,7H2,(H,16,19). The topological polar surface area (TPSA) is 77.2 Å². The van der Waals surface area contributed by atoms with Crippen LogP contribution >= 0.6 is 0 Å². The minimum atomic E-state index is -2.86. The molecule has 112 valence electrons. The third kappa shape index (κ3) is 5.17. The number of nitrogens with zero attached hydrogens (tertiary/aromatic N) is 2. The third-order valence-corrected chi connectivity index (χ3v) is 2.64. The largest absolute Gasteiger partial charge is 0.435 e. The van der Waals surface area contributed by atoms with Crippen molar-refractivity contribution in [1.29, 1.82) is 0 Å². The summed E-state index contributed by atoms with van der Waals surface area (Å²) in [6, 6.07) is 6.27. The fourth-order valence-corrected chi connectivity index (χ4v) is 1.67. The van der Waals surface area contributed by atoms with Crippen molar-refractivity contribution in [2.45, 2.75) is 26.0 Å². The van der Waals surface area contributed by atoms with Crippen molar-refractivity contribution < 1.29 is 22.9 Å². The summed E-state index contributed by atoms with van der Waals surface area (Å²) in [5, 5.41) is 9.62. The molecule has 1 aromatic carbocycles. The Hall–Kier alpha value is -2.51. The van der Waals surface area contributed by atoms with Crippen LogP contribution in [0.25, 0.3) is 0 Å². The highest BCUT2D eigenvalue weighted by atomic mass is 19.3. The zero-order valence-corrected chi connectivity index (χ0v) is 11.0. The fraction of sp³-hybridized carbons (Fsp3) is 0.308. The Bertz CT molecular complexity index is 576. The van der Waals surface area contributed by atoms with Gasteiger partial charge in [-0.3, -0.25) is 4.79 Å². The highest BCUT2D eigenvalue weighted by Crippen LogP contribution is 2.16. The van der Waals surface area contributed by atoms with E-state index < -0.39 is 6.61 Å². The van der Waals surface area contributed by atoms with Gasteiger partial charge in [-0.1, -0.05) is 22.4 Å². The van der Waals surface area contributed by atoms with Gasteiger partial charge in [0.05, 0.1) is 12.7 Å². The van der Waals surface area contributed by atoms with Crippen molar-refractivity contribution in [3.05, 3.63) is 41.7 Å². The number of rotatable bonds is 7. The molecular weight excluding hydrogens is 284 g/mol. The minimum Gasteiger partial charge on any atom is -0.435 e. The maximum absolute atomic E-state index is 12.1. The highest BCUT2D eigenvalue weighted by Gasteiger charge is 2.07. The molecule has 0 unspecified atom stereocenters. The Morgan fingerprint density at radius 2 is 2.29 bits per heavy atom. The van der Waals surface area contributed by atoms with Crippen LogP contribution in [0.1, 0.15) is 17.7 Å². The Kier molecular flexibility index (Phi) is 5.19. The number of carbonyl (C=O) groups excluding carboxylic acids is 1. The van der Waals surface area contributed by atoms with Crippen LogP contribution in [0, 0.1) is 0 Å². The summed E-state index contributed by atoms with van der Waals surface area (Å²) in [5.41, 5.74) is 1.27. The van der Waals surface area contributed by atoms with E-state index in [1.54, 1.807) is 12.1 Å². The summed E-state index contributed by atoms with van der Waals surface area (Å²) in [6.45, 7) is -2.63. The molecule has 1 N–H and O–H groups in total. The highest BCUT2D eigenvalue weighted by molar-refractivity contribution is 5.76. The first-order chi connectivity index (χ1) is 10.1. The lowest BCUT2D eigenvalue weighted by atomic mass is 10.1. The van der Waals surface area contributed by atoms with Crippen LogP contribution < -0.4 is 10.1 Å². The predicted octanol–water partition coefficient (Wildman–Crippen LogP) is 1.92. The summed E-state index contributed by atoms with van der Waals surface area (Å²) < 4.78 is 32.9. The number of hydrogen-bond acceptors (Lipinski definition) is 5. The van der Waals surface area contributed by atoms with Gasteiger partial charge in [0, 0.05) is 6.42 Å². The fourth-order valence-electron chi connectivity index (χ4n) is 1.67. The van der Waals surface area contributed by atoms with Crippen LogP contribution in [0.15, 0.2) is 35.1 Å². The van der Waals surface area contributed by atoms with E-state index >= 15 is 0 Å². The normalized spacial score (nSPS) is 10.6. The van der Waals surface area contributed by atoms with Crippen LogP contribution in [-0.2, 0) is 17.8 Å². The van der Waals surface area contributed by atoms with Crippen molar-refractivity contribution in [3.8, 4) is 5.75 Å². The number of nitrogens with one attached hydrogen (secondary N) is 1. The first-order valence-corrected chi connectivity index (χ1v) is 6.20. The van der Waals surface area contributed by atoms with Gasteiger partial charge in [-0.25, -0.2) is 4.63 Å². The van der Waals surface area contributed by atoms with Gasteiger partial charge >= 0.3 is 6.61 Å². The molecule has 0 atom stereocenters. The molecule has 0 bridgehead atoms. The number of aromatic nitrogens is 2. The second kappa shape index (κ2) is 7.32. The maximum atomic E-state index is 12.1. The van der Waals surface area contributed by atoms with E-state index in [9.17, 15) is 13.6 Å². The van der Waals surface area contributed by atoms with Crippen LogP contribution in [0.2, 0.25) is 0 Å². The molecule has 0 spiro atoms. The molecule has 2 aromatic rings. The first-order valence-electron chi connectivity index (χ1n) is 6.20. The number of hydrogen-bond donors (Lipinski definition) is 1. The molecule has 1 aromatic heterocycles. The van der Waals surface area contributed by atoms with Crippen LogP contribution in [-0.4, -0.2) is 22.8 Å². The van der Waals surface area contributed by atoms with Crippen molar-refractivity contribution in [2.75, 3.05) is 0 Å². The number of aryl methyl sites for hydroxylation is 1. The number of carbonyl (C=O) groups is 1. The molecule has 21 heavy (non-hydrogen) atoms. The van der Waals surface area contributed by atoms with E-state index in [1.165, 1.54) is 18.3 Å². The molecule has 1 heterocycles. The molecule has 0 aliphatic rings. The average Bonchev–Trinajstić information content (AvgIpc) is 2.96. The lowest BCUT2D eigenvalue weighted by Gasteiger charge is -2.07.